The molecule has 1 atom stereocenters. The van der Waals surface area contributed by atoms with Gasteiger partial charge >= 0.3 is 0 Å². The van der Waals surface area contributed by atoms with Crippen molar-refractivity contribution >= 4 is 0 Å². The zero-order valence-corrected chi connectivity index (χ0v) is 7.72. The van der Waals surface area contributed by atoms with Crippen molar-refractivity contribution in [2.45, 2.75) is 32.5 Å². The van der Waals surface area contributed by atoms with Gasteiger partial charge in [-0.1, -0.05) is 0 Å². The van der Waals surface area contributed by atoms with Crippen molar-refractivity contribution in [1.82, 2.24) is 4.57 Å². The maximum atomic E-state index is 9.21. The van der Waals surface area contributed by atoms with Crippen LogP contribution in [-0.4, -0.2) is 9.67 Å². The monoisotopic (exact) mass is 180 g/mol. The summed E-state index contributed by atoms with van der Waals surface area (Å²) in [4.78, 5) is 0. The molecule has 4 heteroatoms. The zero-order valence-electron chi connectivity index (χ0n) is 7.72. The van der Waals surface area contributed by atoms with Crippen LogP contribution in [0.3, 0.4) is 0 Å². The molecular formula is C9H14N3O+. The number of aliphatic hydroxyl groups excluding tert-OH is 1. The van der Waals surface area contributed by atoms with Gasteiger partial charge in [-0.25, -0.2) is 9.13 Å². The van der Waals surface area contributed by atoms with Gasteiger partial charge in [-0.3, -0.25) is 0 Å². The minimum atomic E-state index is -0.489. The van der Waals surface area contributed by atoms with E-state index in [4.69, 9.17) is 5.26 Å². The number of nitriles is 1. The van der Waals surface area contributed by atoms with E-state index in [2.05, 4.69) is 6.07 Å². The van der Waals surface area contributed by atoms with Crippen molar-refractivity contribution in [3.05, 3.63) is 18.7 Å². The number of hydrogen-bond donors (Lipinski definition) is 1. The Kier molecular flexibility index (Phi) is 3.47. The second kappa shape index (κ2) is 4.63. The number of hydrogen-bond acceptors (Lipinski definition) is 2. The third kappa shape index (κ3) is 2.88. The van der Waals surface area contributed by atoms with Crippen LogP contribution in [0.5, 0.6) is 0 Å². The highest BCUT2D eigenvalue weighted by atomic mass is 16.3. The summed E-state index contributed by atoms with van der Waals surface area (Å²) in [5.41, 5.74) is 0. The first kappa shape index (κ1) is 9.75. The van der Waals surface area contributed by atoms with E-state index < -0.39 is 6.23 Å². The Morgan fingerprint density at radius 3 is 3.00 bits per heavy atom. The molecule has 0 aromatic carbocycles. The van der Waals surface area contributed by atoms with Gasteiger partial charge in [0, 0.05) is 13.3 Å². The molecule has 0 radical (unpaired) electrons. The van der Waals surface area contributed by atoms with E-state index in [1.165, 1.54) is 0 Å². The molecule has 13 heavy (non-hydrogen) atoms. The molecule has 1 heterocycles. The van der Waals surface area contributed by atoms with E-state index in [1.54, 1.807) is 11.5 Å². The molecule has 1 aromatic heterocycles. The number of aliphatic hydroxyl groups is 1. The Morgan fingerprint density at radius 1 is 1.69 bits per heavy atom. The van der Waals surface area contributed by atoms with Gasteiger partial charge in [0.1, 0.15) is 12.4 Å². The van der Waals surface area contributed by atoms with Gasteiger partial charge in [0.2, 0.25) is 6.33 Å². The number of nitrogens with zero attached hydrogens (tertiary/aromatic N) is 3. The van der Waals surface area contributed by atoms with Gasteiger partial charge in [0.25, 0.3) is 0 Å². The van der Waals surface area contributed by atoms with Crippen LogP contribution in [0.2, 0.25) is 0 Å². The molecular weight excluding hydrogens is 166 g/mol. The fourth-order valence-electron chi connectivity index (χ4n) is 1.10. The number of unbranched alkanes of at least 4 members (excludes halogenated alkanes) is 1. The minimum absolute atomic E-state index is 0.489. The quantitative estimate of drug-likeness (QED) is 0.544. The van der Waals surface area contributed by atoms with E-state index in [0.717, 1.165) is 13.0 Å². The van der Waals surface area contributed by atoms with Crippen molar-refractivity contribution in [2.24, 2.45) is 0 Å². The molecule has 0 aliphatic rings. The molecule has 0 amide bonds. The summed E-state index contributed by atoms with van der Waals surface area (Å²) in [6, 6.07) is 2.10. The van der Waals surface area contributed by atoms with Crippen LogP contribution in [-0.2, 0) is 6.54 Å². The molecule has 0 aliphatic carbocycles. The van der Waals surface area contributed by atoms with E-state index in [9.17, 15) is 5.11 Å². The summed E-state index contributed by atoms with van der Waals surface area (Å²) in [5, 5.41) is 17.5. The van der Waals surface area contributed by atoms with Gasteiger partial charge < -0.3 is 5.11 Å². The SMILES string of the molecule is CC(O)n1cc[n+](CCCC#N)c1. The largest absolute Gasteiger partial charge is 0.355 e. The van der Waals surface area contributed by atoms with Crippen LogP contribution in [0.25, 0.3) is 0 Å². The van der Waals surface area contributed by atoms with Crippen LogP contribution < -0.4 is 4.57 Å². The lowest BCUT2D eigenvalue weighted by molar-refractivity contribution is -0.697. The number of rotatable bonds is 4. The third-order valence-corrected chi connectivity index (χ3v) is 1.85. The molecule has 1 rings (SSSR count). The number of imidazole rings is 1. The molecule has 1 N–H and O–H groups in total. The lowest BCUT2D eigenvalue weighted by Crippen LogP contribution is -2.31. The molecule has 0 spiro atoms. The van der Waals surface area contributed by atoms with Crippen LogP contribution in [0.4, 0.5) is 0 Å². The Bertz CT molecular complexity index is 298. The van der Waals surface area contributed by atoms with Crippen molar-refractivity contribution in [2.75, 3.05) is 0 Å². The molecule has 0 saturated heterocycles. The number of aryl methyl sites for hydroxylation is 1. The minimum Gasteiger partial charge on any atom is -0.355 e. The van der Waals surface area contributed by atoms with Crippen molar-refractivity contribution in [3.63, 3.8) is 0 Å². The normalized spacial score (nSPS) is 12.4. The lowest BCUT2D eigenvalue weighted by Gasteiger charge is -1.96. The molecule has 1 aromatic rings. The maximum absolute atomic E-state index is 9.21. The predicted molar refractivity (Wildman–Crippen MR) is 46.4 cm³/mol. The fraction of sp³-hybridized carbons (Fsp3) is 0.556. The van der Waals surface area contributed by atoms with Gasteiger partial charge in [-0.05, 0) is 6.42 Å². The highest BCUT2D eigenvalue weighted by molar-refractivity contribution is 4.69. The highest BCUT2D eigenvalue weighted by Crippen LogP contribution is 1.97. The summed E-state index contributed by atoms with van der Waals surface area (Å²) in [6.07, 6.45) is 6.48. The summed E-state index contributed by atoms with van der Waals surface area (Å²) >= 11 is 0. The van der Waals surface area contributed by atoms with Gasteiger partial charge in [0.05, 0.1) is 12.6 Å². The maximum Gasteiger partial charge on any atom is 0.245 e. The fourth-order valence-corrected chi connectivity index (χ4v) is 1.10. The summed E-state index contributed by atoms with van der Waals surface area (Å²) in [6.45, 7) is 2.53. The van der Waals surface area contributed by atoms with E-state index in [-0.39, 0.29) is 0 Å². The Hall–Kier alpha value is -1.34. The second-order valence-corrected chi connectivity index (χ2v) is 2.99. The van der Waals surface area contributed by atoms with Crippen molar-refractivity contribution in [3.8, 4) is 6.07 Å². The average molecular weight is 180 g/mol. The molecule has 4 nitrogen and oxygen atoms in total. The first-order valence-electron chi connectivity index (χ1n) is 4.35. The molecule has 0 fully saturated rings. The van der Waals surface area contributed by atoms with Crippen molar-refractivity contribution < 1.29 is 9.67 Å². The van der Waals surface area contributed by atoms with E-state index >= 15 is 0 Å². The molecule has 0 saturated carbocycles. The van der Waals surface area contributed by atoms with Crippen molar-refractivity contribution in [1.29, 1.82) is 5.26 Å². The molecule has 0 aliphatic heterocycles. The van der Waals surface area contributed by atoms with Gasteiger partial charge in [0.15, 0.2) is 6.23 Å². The van der Waals surface area contributed by atoms with E-state index in [1.807, 2.05) is 23.3 Å². The Morgan fingerprint density at radius 2 is 2.46 bits per heavy atom. The third-order valence-electron chi connectivity index (χ3n) is 1.85. The Balaban J connectivity index is 2.45. The molecule has 0 bridgehead atoms. The van der Waals surface area contributed by atoms with Gasteiger partial charge in [-0.2, -0.15) is 5.26 Å². The highest BCUT2D eigenvalue weighted by Gasteiger charge is 2.06. The lowest BCUT2D eigenvalue weighted by atomic mass is 10.3. The number of aromatic nitrogens is 2. The Labute approximate surface area is 77.7 Å². The smallest absolute Gasteiger partial charge is 0.245 e. The summed E-state index contributed by atoms with van der Waals surface area (Å²) in [5.74, 6) is 0. The van der Waals surface area contributed by atoms with Crippen LogP contribution in [0.15, 0.2) is 18.7 Å². The van der Waals surface area contributed by atoms with Crippen LogP contribution in [0.1, 0.15) is 26.0 Å². The van der Waals surface area contributed by atoms with Crippen LogP contribution in [0, 0.1) is 11.3 Å². The first-order chi connectivity index (χ1) is 6.24. The summed E-state index contributed by atoms with van der Waals surface area (Å²) in [7, 11) is 0. The summed E-state index contributed by atoms with van der Waals surface area (Å²) < 4.78 is 3.68. The topological polar surface area (TPSA) is 52.8 Å². The predicted octanol–water partition coefficient (Wildman–Crippen LogP) is 0.590. The average Bonchev–Trinajstić information content (AvgIpc) is 2.53. The van der Waals surface area contributed by atoms with Gasteiger partial charge in [-0.15, -0.1) is 0 Å². The molecule has 70 valence electrons. The zero-order chi connectivity index (χ0) is 9.68. The van der Waals surface area contributed by atoms with E-state index in [0.29, 0.717) is 6.42 Å². The first-order valence-corrected chi connectivity index (χ1v) is 4.35. The molecule has 1 unspecified atom stereocenters. The van der Waals surface area contributed by atoms with Crippen LogP contribution >= 0.6 is 0 Å². The second-order valence-electron chi connectivity index (χ2n) is 2.99. The standard InChI is InChI=1S/C9H14N3O/c1-9(13)12-7-6-11(8-12)5-3-2-4-10/h6-9,13H,2-3,5H2,1H3/q+1.